The third kappa shape index (κ3) is 14.2. The molecule has 0 saturated carbocycles. The number of rotatable bonds is 17. The Morgan fingerprint density at radius 2 is 1.06 bits per heavy atom. The van der Waals surface area contributed by atoms with Gasteiger partial charge in [0, 0.05) is 11.1 Å². The molecule has 8 aromatic rings. The van der Waals surface area contributed by atoms with Gasteiger partial charge in [-0.3, -0.25) is 0 Å². The van der Waals surface area contributed by atoms with Crippen molar-refractivity contribution in [2.75, 3.05) is 19.8 Å². The minimum Gasteiger partial charge on any atom is -0.491 e. The highest BCUT2D eigenvalue weighted by molar-refractivity contribution is 5.59. The maximum atomic E-state index is 12.3. The van der Waals surface area contributed by atoms with Crippen LogP contribution < -0.4 is 18.9 Å². The van der Waals surface area contributed by atoms with E-state index in [2.05, 4.69) is 56.5 Å². The van der Waals surface area contributed by atoms with E-state index in [9.17, 15) is 31.4 Å². The third-order valence-corrected chi connectivity index (χ3v) is 9.12. The van der Waals surface area contributed by atoms with Crippen molar-refractivity contribution in [3.63, 3.8) is 0 Å². The molecule has 4 aromatic carbocycles. The Balaban J connectivity index is 0.000000224. The zero-order valence-corrected chi connectivity index (χ0v) is 35.7. The van der Waals surface area contributed by atoms with E-state index in [4.69, 9.17) is 23.6 Å². The van der Waals surface area contributed by atoms with Gasteiger partial charge in [-0.15, -0.1) is 36.5 Å². The van der Waals surface area contributed by atoms with E-state index in [1.165, 1.54) is 36.4 Å². The summed E-state index contributed by atoms with van der Waals surface area (Å²) in [7, 11) is 0. The molecule has 1 unspecified atom stereocenters. The van der Waals surface area contributed by atoms with Crippen molar-refractivity contribution < 1.29 is 64.5 Å². The predicted octanol–water partition coefficient (Wildman–Crippen LogP) is 8.43. The van der Waals surface area contributed by atoms with Crippen molar-refractivity contribution >= 4 is 0 Å². The number of aliphatic hydroxyl groups is 2. The van der Waals surface area contributed by atoms with Gasteiger partial charge < -0.3 is 38.2 Å². The van der Waals surface area contributed by atoms with Crippen LogP contribution in [0, 0.1) is 13.8 Å². The SMILES string of the molecule is C.C=CCOc1cccc(Cn2nc(-c3nc(-c4ccc(OC(F)(F)F)cc4)no3)nc2C)c1.Cc1nc(-c2nc(-c3ccc(OC(F)(F)F)cc3)no2)nn1Cc1cccc(OCC(O)CO)c1. The topological polar surface area (TPSA) is 217 Å². The zero-order valence-electron chi connectivity index (χ0n) is 35.7. The summed E-state index contributed by atoms with van der Waals surface area (Å²) in [6.45, 7) is 7.98. The molecule has 0 bridgehead atoms. The molecule has 8 rings (SSSR count). The number of ether oxygens (including phenoxy) is 4. The summed E-state index contributed by atoms with van der Waals surface area (Å²) >= 11 is 0. The molecule has 18 nitrogen and oxygen atoms in total. The van der Waals surface area contributed by atoms with Crippen molar-refractivity contribution in [2.45, 2.75) is 53.2 Å². The fraction of sp³-hybridized carbons (Fsp3) is 0.244. The summed E-state index contributed by atoms with van der Waals surface area (Å²) in [6.07, 6.45) is -8.84. The number of nitrogens with zero attached hydrogens (tertiary/aromatic N) is 10. The molecule has 0 aliphatic rings. The van der Waals surface area contributed by atoms with E-state index in [1.54, 1.807) is 47.5 Å². The summed E-state index contributed by atoms with van der Waals surface area (Å²) < 4.78 is 106. The minimum absolute atomic E-state index is 0. The molecule has 4 heterocycles. The largest absolute Gasteiger partial charge is 0.573 e. The molecule has 0 aliphatic heterocycles. The molecular formula is C45H42F6N10O8. The van der Waals surface area contributed by atoms with Crippen molar-refractivity contribution in [3.8, 4) is 69.2 Å². The smallest absolute Gasteiger partial charge is 0.491 e. The second-order valence-electron chi connectivity index (χ2n) is 14.3. The van der Waals surface area contributed by atoms with Gasteiger partial charge in [0.05, 0.1) is 19.7 Å². The lowest BCUT2D eigenvalue weighted by molar-refractivity contribution is -0.275. The maximum Gasteiger partial charge on any atom is 0.573 e. The summed E-state index contributed by atoms with van der Waals surface area (Å²) in [5.41, 5.74) is 2.69. The minimum atomic E-state index is -4.78. The second kappa shape index (κ2) is 22.1. The van der Waals surface area contributed by atoms with Gasteiger partial charge in [0.1, 0.15) is 54.0 Å². The lowest BCUT2D eigenvalue weighted by Crippen LogP contribution is -2.21. The van der Waals surface area contributed by atoms with Gasteiger partial charge in [0.15, 0.2) is 0 Å². The molecule has 4 aromatic heterocycles. The van der Waals surface area contributed by atoms with Gasteiger partial charge in [-0.1, -0.05) is 54.7 Å². The number of aliphatic hydroxyl groups excluding tert-OH is 2. The van der Waals surface area contributed by atoms with Crippen LogP contribution in [-0.4, -0.2) is 98.7 Å². The molecule has 0 spiro atoms. The lowest BCUT2D eigenvalue weighted by atomic mass is 10.2. The summed E-state index contributed by atoms with van der Waals surface area (Å²) in [5, 5.41) is 34.9. The average Bonchev–Trinajstić information content (AvgIpc) is 4.13. The van der Waals surface area contributed by atoms with Crippen LogP contribution in [-0.2, 0) is 13.1 Å². The van der Waals surface area contributed by atoms with E-state index >= 15 is 0 Å². The number of benzene rings is 4. The number of aromatic nitrogens is 10. The number of halogens is 6. The summed E-state index contributed by atoms with van der Waals surface area (Å²) in [5.74, 6) is 2.67. The number of aryl methyl sites for hydroxylation is 2. The molecule has 0 saturated heterocycles. The molecule has 2 N–H and O–H groups in total. The van der Waals surface area contributed by atoms with Crippen LogP contribution in [0.15, 0.2) is 119 Å². The molecule has 362 valence electrons. The standard InChI is InChI=1S/C22H20F3N5O5.C22H18F3N5O3.CH4/c1-13-26-20(28-30(13)10-14-3-2-4-18(9-14)33-12-16(32)11-31)21-27-19(29-35-21)15-5-7-17(8-6-15)34-22(23,24)25;1-3-11-31-18-6-4-5-15(12-18)13-30-14(2)26-20(28-30)21-27-19(29-33-21)16-7-9-17(10-8-16)32-22(23,24)25;/h2-9,16,31-32H,10-12H2,1H3;3-10,12H,1,11,13H2,2H3;1H4. The van der Waals surface area contributed by atoms with Crippen LogP contribution in [0.25, 0.3) is 46.2 Å². The van der Waals surface area contributed by atoms with Crippen LogP contribution in [0.1, 0.15) is 30.2 Å². The fourth-order valence-electron chi connectivity index (χ4n) is 6.01. The van der Waals surface area contributed by atoms with Crippen LogP contribution in [0.5, 0.6) is 23.0 Å². The van der Waals surface area contributed by atoms with E-state index in [0.29, 0.717) is 48.2 Å². The Morgan fingerprint density at radius 3 is 1.46 bits per heavy atom. The molecule has 1 atom stereocenters. The highest BCUT2D eigenvalue weighted by Crippen LogP contribution is 2.29. The Morgan fingerprint density at radius 1 is 0.623 bits per heavy atom. The van der Waals surface area contributed by atoms with Gasteiger partial charge in [-0.25, -0.2) is 19.3 Å². The lowest BCUT2D eigenvalue weighted by Gasteiger charge is -2.11. The zero-order chi connectivity index (χ0) is 48.4. The first kappa shape index (κ1) is 50.3. The number of hydrogen-bond acceptors (Lipinski definition) is 16. The Kier molecular flexibility index (Phi) is 16.1. The average molecular weight is 965 g/mol. The molecule has 0 radical (unpaired) electrons. The Bertz CT molecular complexity index is 2920. The van der Waals surface area contributed by atoms with Gasteiger partial charge in [-0.05, 0) is 97.8 Å². The Labute approximate surface area is 388 Å². The number of hydrogen-bond donors (Lipinski definition) is 2. The molecule has 69 heavy (non-hydrogen) atoms. The van der Waals surface area contributed by atoms with Gasteiger partial charge in [-0.2, -0.15) is 9.97 Å². The fourth-order valence-corrected chi connectivity index (χ4v) is 6.01. The van der Waals surface area contributed by atoms with Crippen LogP contribution in [0.3, 0.4) is 0 Å². The first-order valence-corrected chi connectivity index (χ1v) is 20.1. The maximum absolute atomic E-state index is 12.3. The number of alkyl halides is 6. The second-order valence-corrected chi connectivity index (χ2v) is 14.3. The van der Waals surface area contributed by atoms with Gasteiger partial charge >= 0.3 is 12.7 Å². The van der Waals surface area contributed by atoms with Crippen molar-refractivity contribution in [1.82, 2.24) is 49.8 Å². The van der Waals surface area contributed by atoms with Gasteiger partial charge in [0.2, 0.25) is 23.3 Å². The first-order chi connectivity index (χ1) is 32.5. The molecular weight excluding hydrogens is 923 g/mol. The van der Waals surface area contributed by atoms with Crippen molar-refractivity contribution in [3.05, 3.63) is 132 Å². The van der Waals surface area contributed by atoms with Crippen LogP contribution in [0.4, 0.5) is 26.3 Å². The molecule has 0 amide bonds. The predicted molar refractivity (Wildman–Crippen MR) is 232 cm³/mol. The monoisotopic (exact) mass is 964 g/mol. The quantitative estimate of drug-likeness (QED) is 0.0646. The normalized spacial score (nSPS) is 11.8. The van der Waals surface area contributed by atoms with E-state index in [0.717, 1.165) is 29.0 Å². The van der Waals surface area contributed by atoms with Crippen LogP contribution in [0.2, 0.25) is 0 Å². The highest BCUT2D eigenvalue weighted by Gasteiger charge is 2.32. The highest BCUT2D eigenvalue weighted by atomic mass is 19.4. The summed E-state index contributed by atoms with van der Waals surface area (Å²) in [4.78, 5) is 17.2. The molecule has 0 aliphatic carbocycles. The third-order valence-electron chi connectivity index (χ3n) is 9.12. The van der Waals surface area contributed by atoms with Crippen molar-refractivity contribution in [1.29, 1.82) is 0 Å². The van der Waals surface area contributed by atoms with Crippen molar-refractivity contribution in [2.24, 2.45) is 0 Å². The first-order valence-electron chi connectivity index (χ1n) is 20.1. The van der Waals surface area contributed by atoms with E-state index in [1.807, 2.05) is 30.3 Å². The molecule has 0 fully saturated rings. The molecule has 24 heteroatoms. The van der Waals surface area contributed by atoms with E-state index < -0.39 is 25.4 Å². The Hall–Kier alpha value is -8.12. The van der Waals surface area contributed by atoms with Gasteiger partial charge in [0.25, 0.3) is 11.8 Å². The summed E-state index contributed by atoms with van der Waals surface area (Å²) in [6, 6.07) is 24.9. The van der Waals surface area contributed by atoms with E-state index in [-0.39, 0.29) is 60.6 Å². The van der Waals surface area contributed by atoms with Crippen LogP contribution >= 0.6 is 0 Å².